The summed E-state index contributed by atoms with van der Waals surface area (Å²) in [7, 11) is 0. The predicted molar refractivity (Wildman–Crippen MR) is 78.6 cm³/mol. The van der Waals surface area contributed by atoms with Crippen LogP contribution in [0.25, 0.3) is 0 Å². The fraction of sp³-hybridized carbons (Fsp3) is 0.133. The number of nitrogens with one attached hydrogen (secondary N) is 1. The van der Waals surface area contributed by atoms with Gasteiger partial charge in [0, 0.05) is 23.9 Å². The van der Waals surface area contributed by atoms with E-state index >= 15 is 0 Å². The van der Waals surface area contributed by atoms with Crippen molar-refractivity contribution in [3.8, 4) is 0 Å². The molecule has 2 N–H and O–H groups in total. The topological polar surface area (TPSA) is 92.5 Å². The van der Waals surface area contributed by atoms with E-state index in [1.54, 1.807) is 31.2 Å². The SMILES string of the molecule is Cc1ccc(CNc2cccc(C(=O)O)c2)cc1[N+](=O)[O-]. The van der Waals surface area contributed by atoms with Crippen LogP contribution in [0.4, 0.5) is 11.4 Å². The Morgan fingerprint density at radius 1 is 1.29 bits per heavy atom. The molecule has 6 heteroatoms. The van der Waals surface area contributed by atoms with E-state index in [9.17, 15) is 14.9 Å². The van der Waals surface area contributed by atoms with Crippen molar-refractivity contribution < 1.29 is 14.8 Å². The number of hydrogen-bond acceptors (Lipinski definition) is 4. The van der Waals surface area contributed by atoms with Gasteiger partial charge in [-0.05, 0) is 30.7 Å². The van der Waals surface area contributed by atoms with E-state index in [0.717, 1.165) is 5.56 Å². The standard InChI is InChI=1S/C15H14N2O4/c1-10-5-6-11(7-14(10)17(20)21)9-16-13-4-2-3-12(8-13)15(18)19/h2-8,16H,9H2,1H3,(H,18,19). The van der Waals surface area contributed by atoms with Gasteiger partial charge in [0.1, 0.15) is 0 Å². The van der Waals surface area contributed by atoms with Crippen LogP contribution < -0.4 is 5.32 Å². The van der Waals surface area contributed by atoms with E-state index in [4.69, 9.17) is 5.11 Å². The van der Waals surface area contributed by atoms with Crippen LogP contribution in [0.3, 0.4) is 0 Å². The molecular formula is C15H14N2O4. The first-order valence-corrected chi connectivity index (χ1v) is 6.28. The minimum Gasteiger partial charge on any atom is -0.478 e. The first-order chi connectivity index (χ1) is 9.97. The fourth-order valence-corrected chi connectivity index (χ4v) is 1.93. The number of carboxylic acids is 1. The van der Waals surface area contributed by atoms with Crippen LogP contribution in [0.5, 0.6) is 0 Å². The zero-order valence-electron chi connectivity index (χ0n) is 11.4. The molecule has 2 rings (SSSR count). The molecule has 2 aromatic rings. The summed E-state index contributed by atoms with van der Waals surface area (Å²) in [5.41, 5.74) is 2.28. The van der Waals surface area contributed by atoms with E-state index in [1.165, 1.54) is 18.2 Å². The Hall–Kier alpha value is -2.89. The van der Waals surface area contributed by atoms with Gasteiger partial charge in [-0.15, -0.1) is 0 Å². The number of rotatable bonds is 5. The molecule has 2 aromatic carbocycles. The average molecular weight is 286 g/mol. The summed E-state index contributed by atoms with van der Waals surface area (Å²) in [6.45, 7) is 2.07. The van der Waals surface area contributed by atoms with Crippen LogP contribution >= 0.6 is 0 Å². The fourth-order valence-electron chi connectivity index (χ4n) is 1.93. The Kier molecular flexibility index (Phi) is 4.18. The van der Waals surface area contributed by atoms with Crippen LogP contribution in [-0.4, -0.2) is 16.0 Å². The maximum absolute atomic E-state index is 10.9. The number of nitrogens with zero attached hydrogens (tertiary/aromatic N) is 1. The van der Waals surface area contributed by atoms with Gasteiger partial charge in [-0.1, -0.05) is 18.2 Å². The van der Waals surface area contributed by atoms with E-state index in [-0.39, 0.29) is 11.3 Å². The minimum absolute atomic E-state index is 0.0774. The van der Waals surface area contributed by atoms with Crippen LogP contribution in [0.15, 0.2) is 42.5 Å². The van der Waals surface area contributed by atoms with Crippen molar-refractivity contribution in [2.24, 2.45) is 0 Å². The number of carbonyl (C=O) groups is 1. The van der Waals surface area contributed by atoms with Gasteiger partial charge in [-0.25, -0.2) is 4.79 Å². The molecule has 0 fully saturated rings. The minimum atomic E-state index is -0.996. The maximum Gasteiger partial charge on any atom is 0.335 e. The van der Waals surface area contributed by atoms with Crippen molar-refractivity contribution in [1.29, 1.82) is 0 Å². The summed E-state index contributed by atoms with van der Waals surface area (Å²) < 4.78 is 0. The number of carboxylic acid groups (broad SMARTS) is 1. The third-order valence-corrected chi connectivity index (χ3v) is 3.08. The third-order valence-electron chi connectivity index (χ3n) is 3.08. The summed E-state index contributed by atoms with van der Waals surface area (Å²) in [6, 6.07) is 11.4. The molecule has 0 spiro atoms. The molecule has 0 amide bonds. The lowest BCUT2D eigenvalue weighted by Crippen LogP contribution is -2.03. The predicted octanol–water partition coefficient (Wildman–Crippen LogP) is 3.21. The number of nitro groups is 1. The van der Waals surface area contributed by atoms with Crippen LogP contribution in [0.2, 0.25) is 0 Å². The molecule has 0 heterocycles. The van der Waals surface area contributed by atoms with Gasteiger partial charge in [0.25, 0.3) is 5.69 Å². The molecule has 0 saturated heterocycles. The van der Waals surface area contributed by atoms with Gasteiger partial charge < -0.3 is 10.4 Å². The number of hydrogen-bond donors (Lipinski definition) is 2. The van der Waals surface area contributed by atoms with Crippen LogP contribution in [-0.2, 0) is 6.54 Å². The lowest BCUT2D eigenvalue weighted by Gasteiger charge is -2.08. The normalized spacial score (nSPS) is 10.1. The van der Waals surface area contributed by atoms with Crippen molar-refractivity contribution in [1.82, 2.24) is 0 Å². The van der Waals surface area contributed by atoms with Crippen molar-refractivity contribution in [2.75, 3.05) is 5.32 Å². The molecule has 0 aliphatic heterocycles. The second-order valence-electron chi connectivity index (χ2n) is 4.62. The molecule has 108 valence electrons. The quantitative estimate of drug-likeness (QED) is 0.650. The summed E-state index contributed by atoms with van der Waals surface area (Å²) in [6.07, 6.45) is 0. The molecule has 0 aliphatic rings. The summed E-state index contributed by atoms with van der Waals surface area (Å²) in [4.78, 5) is 21.4. The molecule has 0 atom stereocenters. The van der Waals surface area contributed by atoms with E-state index in [0.29, 0.717) is 17.8 Å². The lowest BCUT2D eigenvalue weighted by molar-refractivity contribution is -0.385. The first-order valence-electron chi connectivity index (χ1n) is 6.28. The van der Waals surface area contributed by atoms with Crippen LogP contribution in [0, 0.1) is 17.0 Å². The molecule has 6 nitrogen and oxygen atoms in total. The highest BCUT2D eigenvalue weighted by molar-refractivity contribution is 5.88. The summed E-state index contributed by atoms with van der Waals surface area (Å²) >= 11 is 0. The van der Waals surface area contributed by atoms with Gasteiger partial charge in [-0.3, -0.25) is 10.1 Å². The van der Waals surface area contributed by atoms with Crippen molar-refractivity contribution in [2.45, 2.75) is 13.5 Å². The second-order valence-corrected chi connectivity index (χ2v) is 4.62. The molecule has 21 heavy (non-hydrogen) atoms. The average Bonchev–Trinajstić information content (AvgIpc) is 2.46. The molecule has 0 unspecified atom stereocenters. The Balaban J connectivity index is 2.13. The third kappa shape index (κ3) is 3.56. The van der Waals surface area contributed by atoms with Crippen molar-refractivity contribution in [3.63, 3.8) is 0 Å². The molecule has 0 saturated carbocycles. The number of anilines is 1. The highest BCUT2D eigenvalue weighted by Gasteiger charge is 2.10. The Morgan fingerprint density at radius 3 is 2.71 bits per heavy atom. The van der Waals surface area contributed by atoms with Gasteiger partial charge in [0.05, 0.1) is 10.5 Å². The first kappa shape index (κ1) is 14.5. The molecule has 0 radical (unpaired) electrons. The zero-order chi connectivity index (χ0) is 15.4. The van der Waals surface area contributed by atoms with Crippen molar-refractivity contribution >= 4 is 17.3 Å². The number of aryl methyl sites for hydroxylation is 1. The van der Waals surface area contributed by atoms with E-state index in [1.807, 2.05) is 0 Å². The monoisotopic (exact) mass is 286 g/mol. The Bertz CT molecular complexity index is 698. The van der Waals surface area contributed by atoms with E-state index < -0.39 is 10.9 Å². The smallest absolute Gasteiger partial charge is 0.335 e. The molecular weight excluding hydrogens is 272 g/mol. The highest BCUT2D eigenvalue weighted by atomic mass is 16.6. The maximum atomic E-state index is 10.9. The highest BCUT2D eigenvalue weighted by Crippen LogP contribution is 2.20. The Labute approximate surface area is 121 Å². The zero-order valence-corrected chi connectivity index (χ0v) is 11.4. The van der Waals surface area contributed by atoms with Crippen molar-refractivity contribution in [3.05, 3.63) is 69.3 Å². The number of benzene rings is 2. The van der Waals surface area contributed by atoms with Crippen LogP contribution in [0.1, 0.15) is 21.5 Å². The van der Waals surface area contributed by atoms with Gasteiger partial charge in [-0.2, -0.15) is 0 Å². The van der Waals surface area contributed by atoms with Gasteiger partial charge >= 0.3 is 5.97 Å². The van der Waals surface area contributed by atoms with Gasteiger partial charge in [0.2, 0.25) is 0 Å². The molecule has 0 bridgehead atoms. The molecule has 0 aliphatic carbocycles. The number of aromatic carboxylic acids is 1. The summed E-state index contributed by atoms with van der Waals surface area (Å²) in [5.74, 6) is -0.996. The number of nitro benzene ring substituents is 1. The molecule has 0 aromatic heterocycles. The van der Waals surface area contributed by atoms with Gasteiger partial charge in [0.15, 0.2) is 0 Å². The lowest BCUT2D eigenvalue weighted by atomic mass is 10.1. The second kappa shape index (κ2) is 6.04. The summed E-state index contributed by atoms with van der Waals surface area (Å²) in [5, 5.41) is 22.9. The van der Waals surface area contributed by atoms with E-state index in [2.05, 4.69) is 5.32 Å². The largest absolute Gasteiger partial charge is 0.478 e. The Morgan fingerprint density at radius 2 is 2.05 bits per heavy atom.